The van der Waals surface area contributed by atoms with E-state index in [-0.39, 0.29) is 5.91 Å². The third kappa shape index (κ3) is 4.75. The summed E-state index contributed by atoms with van der Waals surface area (Å²) in [6, 6.07) is 12.7. The van der Waals surface area contributed by atoms with Crippen molar-refractivity contribution in [2.24, 2.45) is 10.1 Å². The van der Waals surface area contributed by atoms with Crippen LogP contribution in [0.25, 0.3) is 0 Å². The summed E-state index contributed by atoms with van der Waals surface area (Å²) in [4.78, 5) is 15.5. The van der Waals surface area contributed by atoms with E-state index in [1.165, 1.54) is 18.7 Å². The maximum atomic E-state index is 11.1. The minimum Gasteiger partial charge on any atom is -0.326 e. The van der Waals surface area contributed by atoms with Gasteiger partial charge in [0.15, 0.2) is 5.17 Å². The Bertz CT molecular complexity index is 865. The number of rotatable bonds is 3. The SMILES string of the molecule is CC(=O)Nc1ccc(C2=NNC(=Nc3ccc(Cl)cc3Cl)SC2)cc1. The lowest BCUT2D eigenvalue weighted by molar-refractivity contribution is -0.114. The Morgan fingerprint density at radius 2 is 2.00 bits per heavy atom. The quantitative estimate of drug-likeness (QED) is 0.796. The molecule has 1 heterocycles. The molecule has 25 heavy (non-hydrogen) atoms. The van der Waals surface area contributed by atoms with Crippen molar-refractivity contribution in [3.05, 3.63) is 58.1 Å². The fourth-order valence-corrected chi connectivity index (χ4v) is 3.38. The van der Waals surface area contributed by atoms with Crippen LogP contribution in [0.4, 0.5) is 11.4 Å². The molecule has 0 radical (unpaired) electrons. The molecule has 3 rings (SSSR count). The van der Waals surface area contributed by atoms with Crippen LogP contribution >= 0.6 is 35.0 Å². The molecular weight excluding hydrogens is 379 g/mol. The van der Waals surface area contributed by atoms with Crippen LogP contribution < -0.4 is 10.7 Å². The van der Waals surface area contributed by atoms with Crippen molar-refractivity contribution in [3.63, 3.8) is 0 Å². The van der Waals surface area contributed by atoms with Gasteiger partial charge in [-0.3, -0.25) is 10.2 Å². The molecule has 0 aromatic heterocycles. The second-order valence-electron chi connectivity index (χ2n) is 5.23. The Morgan fingerprint density at radius 3 is 2.60 bits per heavy atom. The van der Waals surface area contributed by atoms with E-state index in [4.69, 9.17) is 23.2 Å². The molecule has 0 fully saturated rings. The van der Waals surface area contributed by atoms with Gasteiger partial charge in [-0.05, 0) is 35.9 Å². The Hall–Kier alpha value is -2.02. The van der Waals surface area contributed by atoms with E-state index in [0.29, 0.717) is 26.7 Å². The molecule has 0 aliphatic carbocycles. The van der Waals surface area contributed by atoms with Crippen molar-refractivity contribution in [1.29, 1.82) is 0 Å². The van der Waals surface area contributed by atoms with E-state index in [9.17, 15) is 4.79 Å². The first kappa shape index (κ1) is 17.8. The van der Waals surface area contributed by atoms with Crippen molar-refractivity contribution in [3.8, 4) is 0 Å². The Balaban J connectivity index is 1.71. The number of nitrogens with one attached hydrogen (secondary N) is 2. The number of carbonyl (C=O) groups is 1. The summed E-state index contributed by atoms with van der Waals surface area (Å²) in [5, 5.41) is 8.84. The lowest BCUT2D eigenvalue weighted by atomic mass is 10.1. The molecule has 0 saturated carbocycles. The van der Waals surface area contributed by atoms with Crippen LogP contribution in [0.2, 0.25) is 10.0 Å². The average molecular weight is 393 g/mol. The monoisotopic (exact) mass is 392 g/mol. The third-order valence-electron chi connectivity index (χ3n) is 3.30. The van der Waals surface area contributed by atoms with Gasteiger partial charge in [-0.25, -0.2) is 4.99 Å². The number of nitrogens with zero attached hydrogens (tertiary/aromatic N) is 2. The maximum Gasteiger partial charge on any atom is 0.221 e. The molecule has 0 atom stereocenters. The molecule has 2 N–H and O–H groups in total. The molecule has 0 saturated heterocycles. The second kappa shape index (κ2) is 7.91. The summed E-state index contributed by atoms with van der Waals surface area (Å²) in [5.74, 6) is 0.581. The minimum absolute atomic E-state index is 0.0957. The predicted molar refractivity (Wildman–Crippen MR) is 106 cm³/mol. The lowest BCUT2D eigenvalue weighted by Gasteiger charge is -2.15. The number of carbonyl (C=O) groups excluding carboxylic acids is 1. The van der Waals surface area contributed by atoms with E-state index in [1.54, 1.807) is 18.2 Å². The highest BCUT2D eigenvalue weighted by Gasteiger charge is 2.14. The molecule has 1 aliphatic heterocycles. The van der Waals surface area contributed by atoms with Gasteiger partial charge in [0, 0.05) is 23.4 Å². The van der Waals surface area contributed by atoms with Crippen LogP contribution in [0.1, 0.15) is 12.5 Å². The normalized spacial score (nSPS) is 15.5. The topological polar surface area (TPSA) is 65.8 Å². The first-order valence-corrected chi connectivity index (χ1v) is 9.12. The predicted octanol–water partition coefficient (Wildman–Crippen LogP) is 4.68. The van der Waals surface area contributed by atoms with Crippen molar-refractivity contribution in [1.82, 2.24) is 5.43 Å². The molecule has 0 spiro atoms. The Kier molecular flexibility index (Phi) is 5.63. The summed E-state index contributed by atoms with van der Waals surface area (Å²) in [6.07, 6.45) is 0. The zero-order chi connectivity index (χ0) is 17.8. The summed E-state index contributed by atoms with van der Waals surface area (Å²) >= 11 is 13.6. The molecule has 2 aromatic carbocycles. The first-order valence-electron chi connectivity index (χ1n) is 7.38. The highest BCUT2D eigenvalue weighted by Crippen LogP contribution is 2.29. The zero-order valence-corrected chi connectivity index (χ0v) is 15.5. The number of anilines is 1. The fourth-order valence-electron chi connectivity index (χ4n) is 2.15. The summed E-state index contributed by atoms with van der Waals surface area (Å²) in [6.45, 7) is 1.48. The van der Waals surface area contributed by atoms with Gasteiger partial charge in [0.2, 0.25) is 5.91 Å². The number of amides is 1. The van der Waals surface area contributed by atoms with Crippen LogP contribution in [0.3, 0.4) is 0 Å². The van der Waals surface area contributed by atoms with Gasteiger partial charge < -0.3 is 5.32 Å². The zero-order valence-electron chi connectivity index (χ0n) is 13.2. The Morgan fingerprint density at radius 1 is 1.24 bits per heavy atom. The van der Waals surface area contributed by atoms with Crippen LogP contribution in [0.5, 0.6) is 0 Å². The van der Waals surface area contributed by atoms with E-state index in [1.807, 2.05) is 24.3 Å². The lowest BCUT2D eigenvalue weighted by Crippen LogP contribution is -2.25. The number of hydrazone groups is 1. The molecule has 1 aliphatic rings. The van der Waals surface area contributed by atoms with Crippen molar-refractivity contribution in [2.75, 3.05) is 11.1 Å². The highest BCUT2D eigenvalue weighted by molar-refractivity contribution is 8.14. The van der Waals surface area contributed by atoms with Crippen molar-refractivity contribution >= 4 is 63.1 Å². The van der Waals surface area contributed by atoms with Gasteiger partial charge in [0.1, 0.15) is 0 Å². The van der Waals surface area contributed by atoms with E-state index >= 15 is 0 Å². The molecule has 8 heteroatoms. The molecule has 1 amide bonds. The third-order valence-corrected chi connectivity index (χ3v) is 4.71. The average Bonchev–Trinajstić information content (AvgIpc) is 2.58. The molecule has 0 unspecified atom stereocenters. The van der Waals surface area contributed by atoms with Gasteiger partial charge in [0.25, 0.3) is 0 Å². The summed E-state index contributed by atoms with van der Waals surface area (Å²) in [5.41, 5.74) is 6.23. The van der Waals surface area contributed by atoms with Crippen LogP contribution in [-0.4, -0.2) is 22.5 Å². The number of aliphatic imine (C=N–C) groups is 1. The first-order chi connectivity index (χ1) is 12.0. The summed E-state index contributed by atoms with van der Waals surface area (Å²) < 4.78 is 0. The molecular formula is C17H14Cl2N4OS. The van der Waals surface area contributed by atoms with Crippen molar-refractivity contribution < 1.29 is 4.79 Å². The van der Waals surface area contributed by atoms with E-state index < -0.39 is 0 Å². The van der Waals surface area contributed by atoms with Gasteiger partial charge in [0.05, 0.1) is 16.4 Å². The van der Waals surface area contributed by atoms with E-state index in [2.05, 4.69) is 20.8 Å². The minimum atomic E-state index is -0.0957. The van der Waals surface area contributed by atoms with Gasteiger partial charge in [-0.2, -0.15) is 5.10 Å². The van der Waals surface area contributed by atoms with Crippen LogP contribution in [0, 0.1) is 0 Å². The number of hydrogen-bond acceptors (Lipinski definition) is 4. The standard InChI is InChI=1S/C17H14Cl2N4OS/c1-10(24)20-13-5-2-11(3-6-13)16-9-25-17(23-22-16)21-15-7-4-12(18)8-14(15)19/h2-8H,9H2,1H3,(H,20,24)(H,21,23). The smallest absolute Gasteiger partial charge is 0.221 e. The number of amidine groups is 1. The fraction of sp³-hybridized carbons (Fsp3) is 0.118. The largest absolute Gasteiger partial charge is 0.326 e. The van der Waals surface area contributed by atoms with Crippen LogP contribution in [-0.2, 0) is 4.79 Å². The number of thioether (sulfide) groups is 1. The second-order valence-corrected chi connectivity index (χ2v) is 7.04. The highest BCUT2D eigenvalue weighted by atomic mass is 35.5. The molecule has 2 aromatic rings. The number of halogens is 2. The van der Waals surface area contributed by atoms with Gasteiger partial charge in [-0.1, -0.05) is 47.1 Å². The number of benzene rings is 2. The number of hydrogen-bond donors (Lipinski definition) is 2. The molecule has 0 bridgehead atoms. The van der Waals surface area contributed by atoms with Crippen molar-refractivity contribution in [2.45, 2.75) is 6.92 Å². The van der Waals surface area contributed by atoms with Gasteiger partial charge in [-0.15, -0.1) is 0 Å². The molecule has 5 nitrogen and oxygen atoms in total. The Labute approximate surface area is 159 Å². The van der Waals surface area contributed by atoms with Crippen LogP contribution in [0.15, 0.2) is 52.6 Å². The summed E-state index contributed by atoms with van der Waals surface area (Å²) in [7, 11) is 0. The maximum absolute atomic E-state index is 11.1. The molecule has 128 valence electrons. The van der Waals surface area contributed by atoms with E-state index in [0.717, 1.165) is 17.0 Å². The van der Waals surface area contributed by atoms with Gasteiger partial charge >= 0.3 is 0 Å².